The Hall–Kier alpha value is -1.91. The maximum Gasteiger partial charge on any atom is 0.325 e. The number of carbonyl (C=O) groups is 2. The molecule has 0 bridgehead atoms. The quantitative estimate of drug-likeness (QED) is 0.837. The molecule has 0 aliphatic heterocycles. The lowest BCUT2D eigenvalue weighted by Crippen LogP contribution is -2.41. The number of rotatable bonds is 5. The fourth-order valence-corrected chi connectivity index (χ4v) is 1.53. The number of amides is 1. The smallest absolute Gasteiger partial charge is 0.325 e. The molecule has 2 atom stereocenters. The molecule has 1 aromatic carbocycles. The highest BCUT2D eigenvalue weighted by Gasteiger charge is 2.19. The summed E-state index contributed by atoms with van der Waals surface area (Å²) < 4.78 is 13.0. The van der Waals surface area contributed by atoms with E-state index in [-0.39, 0.29) is 11.7 Å². The van der Waals surface area contributed by atoms with E-state index < -0.39 is 17.9 Å². The highest BCUT2D eigenvalue weighted by atomic mass is 19.1. The van der Waals surface area contributed by atoms with Crippen molar-refractivity contribution in [2.24, 2.45) is 5.92 Å². The molecule has 0 saturated heterocycles. The maximum atomic E-state index is 13.0. The third-order valence-corrected chi connectivity index (χ3v) is 2.61. The highest BCUT2D eigenvalue weighted by Crippen LogP contribution is 2.10. The summed E-state index contributed by atoms with van der Waals surface area (Å²) in [5, 5.41) is 11.1. The number of benzene rings is 1. The van der Waals surface area contributed by atoms with Gasteiger partial charge in [0.2, 0.25) is 5.91 Å². The predicted octanol–water partition coefficient (Wildman–Crippen LogP) is 1.59. The first-order valence-corrected chi connectivity index (χ1v) is 5.67. The highest BCUT2D eigenvalue weighted by molar-refractivity contribution is 5.84. The molecule has 1 unspecified atom stereocenters. The van der Waals surface area contributed by atoms with Gasteiger partial charge in [-0.1, -0.05) is 19.1 Å². The zero-order valence-corrected chi connectivity index (χ0v) is 10.3. The molecule has 0 aromatic heterocycles. The number of hydrogen-bond donors (Lipinski definition) is 2. The number of carbonyl (C=O) groups excluding carboxylic acids is 1. The topological polar surface area (TPSA) is 66.4 Å². The predicted molar refractivity (Wildman–Crippen MR) is 64.5 cm³/mol. The molecule has 0 aliphatic carbocycles. The van der Waals surface area contributed by atoms with Crippen molar-refractivity contribution < 1.29 is 19.1 Å². The summed E-state index contributed by atoms with van der Waals surface area (Å²) in [7, 11) is 0. The molecule has 2 N–H and O–H groups in total. The van der Waals surface area contributed by atoms with Crippen LogP contribution in [0.4, 0.5) is 4.39 Å². The van der Waals surface area contributed by atoms with Gasteiger partial charge in [0.05, 0.1) is 0 Å². The minimum Gasteiger partial charge on any atom is -0.480 e. The zero-order chi connectivity index (χ0) is 13.7. The summed E-state index contributed by atoms with van der Waals surface area (Å²) in [5.41, 5.74) is 0.709. The molecule has 1 amide bonds. The Balaban J connectivity index is 2.57. The number of nitrogens with one attached hydrogen (secondary N) is 1. The van der Waals surface area contributed by atoms with Crippen molar-refractivity contribution in [3.63, 3.8) is 0 Å². The summed E-state index contributed by atoms with van der Waals surface area (Å²) in [6.07, 6.45) is 0.371. The molecule has 4 nitrogen and oxygen atoms in total. The van der Waals surface area contributed by atoms with Gasteiger partial charge in [0.1, 0.15) is 11.9 Å². The molecule has 0 fully saturated rings. The molecule has 1 aromatic rings. The van der Waals surface area contributed by atoms with Crippen molar-refractivity contribution in [2.75, 3.05) is 0 Å². The van der Waals surface area contributed by atoms with Crippen LogP contribution in [0.25, 0.3) is 0 Å². The van der Waals surface area contributed by atoms with Crippen molar-refractivity contribution in [3.8, 4) is 0 Å². The van der Waals surface area contributed by atoms with Gasteiger partial charge in [-0.3, -0.25) is 9.59 Å². The average molecular weight is 253 g/mol. The molecular formula is C13H16FNO3. The number of carboxylic acid groups (broad SMARTS) is 1. The van der Waals surface area contributed by atoms with Crippen LogP contribution >= 0.6 is 0 Å². The van der Waals surface area contributed by atoms with Crippen molar-refractivity contribution in [1.29, 1.82) is 0 Å². The van der Waals surface area contributed by atoms with Crippen LogP contribution in [0, 0.1) is 11.7 Å². The van der Waals surface area contributed by atoms with Crippen LogP contribution in [0.1, 0.15) is 19.4 Å². The second kappa shape index (κ2) is 6.14. The van der Waals surface area contributed by atoms with Gasteiger partial charge in [-0.25, -0.2) is 4.39 Å². The van der Waals surface area contributed by atoms with Gasteiger partial charge < -0.3 is 10.4 Å². The van der Waals surface area contributed by atoms with E-state index in [1.165, 1.54) is 19.1 Å². The molecule has 5 heteroatoms. The average Bonchev–Trinajstić information content (AvgIpc) is 2.28. The molecular weight excluding hydrogens is 237 g/mol. The summed E-state index contributed by atoms with van der Waals surface area (Å²) in [6.45, 7) is 3.07. The van der Waals surface area contributed by atoms with Crippen LogP contribution in [-0.4, -0.2) is 23.0 Å². The van der Waals surface area contributed by atoms with Crippen LogP contribution < -0.4 is 5.32 Å². The van der Waals surface area contributed by atoms with Gasteiger partial charge in [-0.15, -0.1) is 0 Å². The third kappa shape index (κ3) is 4.16. The number of halogens is 1. The number of aliphatic carboxylic acids is 1. The fraction of sp³-hybridized carbons (Fsp3) is 0.385. The molecule has 0 saturated carbocycles. The Morgan fingerprint density at radius 1 is 1.39 bits per heavy atom. The van der Waals surface area contributed by atoms with E-state index in [0.29, 0.717) is 12.0 Å². The van der Waals surface area contributed by atoms with Gasteiger partial charge in [-0.05, 0) is 31.0 Å². The van der Waals surface area contributed by atoms with Crippen LogP contribution in [0.5, 0.6) is 0 Å². The van der Waals surface area contributed by atoms with E-state index in [1.54, 1.807) is 19.1 Å². The molecule has 0 heterocycles. The summed E-state index contributed by atoms with van der Waals surface area (Å²) in [6, 6.07) is 5.08. The SMILES string of the molecule is CC(Cc1cccc(F)c1)C(=O)N[C@H](C)C(=O)O. The minimum absolute atomic E-state index is 0.348. The first-order chi connectivity index (χ1) is 8.40. The van der Waals surface area contributed by atoms with E-state index in [2.05, 4.69) is 5.32 Å². The summed E-state index contributed by atoms with van der Waals surface area (Å²) >= 11 is 0. The Kier molecular flexibility index (Phi) is 4.83. The second-order valence-electron chi connectivity index (χ2n) is 4.30. The fourth-order valence-electron chi connectivity index (χ4n) is 1.53. The summed E-state index contributed by atoms with van der Waals surface area (Å²) in [5.74, 6) is -2.19. The molecule has 0 radical (unpaired) electrons. The molecule has 18 heavy (non-hydrogen) atoms. The van der Waals surface area contributed by atoms with Crippen LogP contribution in [0.2, 0.25) is 0 Å². The van der Waals surface area contributed by atoms with Crippen molar-refractivity contribution in [1.82, 2.24) is 5.32 Å². The van der Waals surface area contributed by atoms with Crippen molar-refractivity contribution in [3.05, 3.63) is 35.6 Å². The third-order valence-electron chi connectivity index (χ3n) is 2.61. The van der Waals surface area contributed by atoms with Crippen LogP contribution in [0.15, 0.2) is 24.3 Å². The first kappa shape index (κ1) is 14.2. The first-order valence-electron chi connectivity index (χ1n) is 5.67. The van der Waals surface area contributed by atoms with Gasteiger partial charge >= 0.3 is 5.97 Å². The molecule has 1 rings (SSSR count). The Morgan fingerprint density at radius 2 is 2.06 bits per heavy atom. The van der Waals surface area contributed by atoms with Gasteiger partial charge in [0.15, 0.2) is 0 Å². The van der Waals surface area contributed by atoms with E-state index in [0.717, 1.165) is 0 Å². The Labute approximate surface area is 105 Å². The van der Waals surface area contributed by atoms with E-state index in [1.807, 2.05) is 0 Å². The van der Waals surface area contributed by atoms with E-state index in [4.69, 9.17) is 5.11 Å². The van der Waals surface area contributed by atoms with Crippen molar-refractivity contribution in [2.45, 2.75) is 26.3 Å². The Morgan fingerprint density at radius 3 is 2.61 bits per heavy atom. The molecule has 0 aliphatic rings. The van der Waals surface area contributed by atoms with Gasteiger partial charge in [-0.2, -0.15) is 0 Å². The summed E-state index contributed by atoms with van der Waals surface area (Å²) in [4.78, 5) is 22.3. The standard InChI is InChI=1S/C13H16FNO3/c1-8(12(16)15-9(2)13(17)18)6-10-4-3-5-11(14)7-10/h3-5,7-9H,6H2,1-2H3,(H,15,16)(H,17,18)/t8?,9-/m1/s1. The lowest BCUT2D eigenvalue weighted by molar-refractivity contribution is -0.141. The number of hydrogen-bond acceptors (Lipinski definition) is 2. The monoisotopic (exact) mass is 253 g/mol. The molecule has 0 spiro atoms. The van der Waals surface area contributed by atoms with Crippen molar-refractivity contribution >= 4 is 11.9 Å². The molecule has 98 valence electrons. The lowest BCUT2D eigenvalue weighted by atomic mass is 10.00. The van der Waals surface area contributed by atoms with Gasteiger partial charge in [0, 0.05) is 5.92 Å². The van der Waals surface area contributed by atoms with E-state index >= 15 is 0 Å². The zero-order valence-electron chi connectivity index (χ0n) is 10.3. The number of carboxylic acids is 1. The normalized spacial score (nSPS) is 13.7. The largest absolute Gasteiger partial charge is 0.480 e. The Bertz CT molecular complexity index is 448. The van der Waals surface area contributed by atoms with Crippen LogP contribution in [-0.2, 0) is 16.0 Å². The van der Waals surface area contributed by atoms with Crippen LogP contribution in [0.3, 0.4) is 0 Å². The lowest BCUT2D eigenvalue weighted by Gasteiger charge is -2.14. The van der Waals surface area contributed by atoms with Gasteiger partial charge in [0.25, 0.3) is 0 Å². The van der Waals surface area contributed by atoms with E-state index in [9.17, 15) is 14.0 Å². The second-order valence-corrected chi connectivity index (χ2v) is 4.30. The minimum atomic E-state index is -1.08. The maximum absolute atomic E-state index is 13.0.